The van der Waals surface area contributed by atoms with Gasteiger partial charge in [-0.2, -0.15) is 0 Å². The first-order valence-corrected chi connectivity index (χ1v) is 5.18. The van der Waals surface area contributed by atoms with Gasteiger partial charge in [-0.25, -0.2) is 4.98 Å². The molecule has 3 nitrogen and oxygen atoms in total. The second-order valence-corrected chi connectivity index (χ2v) is 4.05. The minimum Gasteiger partial charge on any atom is -0.357 e. The predicted octanol–water partition coefficient (Wildman–Crippen LogP) is 1.57. The fourth-order valence-electron chi connectivity index (χ4n) is 1.27. The van der Waals surface area contributed by atoms with Gasteiger partial charge in [0.1, 0.15) is 5.15 Å². The predicted molar refractivity (Wildman–Crippen MR) is 52.0 cm³/mol. The zero-order chi connectivity index (χ0) is 8.39. The van der Waals surface area contributed by atoms with Gasteiger partial charge < -0.3 is 10.6 Å². The van der Waals surface area contributed by atoms with E-state index < -0.39 is 0 Å². The number of halogens is 1. The Morgan fingerprint density at radius 2 is 2.67 bits per heavy atom. The molecule has 0 saturated carbocycles. The van der Waals surface area contributed by atoms with Crippen LogP contribution < -0.4 is 10.6 Å². The third kappa shape index (κ3) is 1.88. The van der Waals surface area contributed by atoms with Gasteiger partial charge in [-0.3, -0.25) is 0 Å². The van der Waals surface area contributed by atoms with Gasteiger partial charge >= 0.3 is 0 Å². The van der Waals surface area contributed by atoms with E-state index in [-0.39, 0.29) is 0 Å². The van der Waals surface area contributed by atoms with E-state index in [1.54, 1.807) is 11.3 Å². The molecule has 1 saturated heterocycles. The smallest absolute Gasteiger partial charge is 0.184 e. The summed E-state index contributed by atoms with van der Waals surface area (Å²) in [5.74, 6) is 0. The molecular formula is C7H10ClN3S. The molecule has 12 heavy (non-hydrogen) atoms. The van der Waals surface area contributed by atoms with Crippen molar-refractivity contribution in [3.8, 4) is 0 Å². The largest absolute Gasteiger partial charge is 0.357 e. The van der Waals surface area contributed by atoms with Crippen molar-refractivity contribution in [2.45, 2.75) is 12.5 Å². The minimum atomic E-state index is 0.521. The summed E-state index contributed by atoms with van der Waals surface area (Å²) in [5.41, 5.74) is 0. The van der Waals surface area contributed by atoms with E-state index in [4.69, 9.17) is 11.6 Å². The Morgan fingerprint density at radius 1 is 1.75 bits per heavy atom. The van der Waals surface area contributed by atoms with Gasteiger partial charge in [0.05, 0.1) is 0 Å². The average Bonchev–Trinajstić information content (AvgIpc) is 2.63. The number of anilines is 1. The molecular weight excluding hydrogens is 194 g/mol. The standard InChI is InChI=1S/C7H10ClN3S/c8-6-4-12-7(11-6)10-5-1-2-9-3-5/h4-5,9H,1-3H2,(H,10,11). The van der Waals surface area contributed by atoms with Gasteiger partial charge in [-0.05, 0) is 13.0 Å². The molecule has 2 rings (SSSR count). The second kappa shape index (κ2) is 3.60. The molecule has 1 aliphatic heterocycles. The van der Waals surface area contributed by atoms with Crippen LogP contribution in [-0.2, 0) is 0 Å². The van der Waals surface area contributed by atoms with Gasteiger partial charge in [0.15, 0.2) is 5.13 Å². The Morgan fingerprint density at radius 3 is 3.25 bits per heavy atom. The van der Waals surface area contributed by atoms with E-state index >= 15 is 0 Å². The van der Waals surface area contributed by atoms with Gasteiger partial charge in [-0.15, -0.1) is 11.3 Å². The molecule has 2 N–H and O–H groups in total. The van der Waals surface area contributed by atoms with Crippen molar-refractivity contribution in [1.82, 2.24) is 10.3 Å². The van der Waals surface area contributed by atoms with Crippen LogP contribution in [-0.4, -0.2) is 24.1 Å². The van der Waals surface area contributed by atoms with E-state index in [1.807, 2.05) is 5.38 Å². The lowest BCUT2D eigenvalue weighted by molar-refractivity contribution is 0.792. The lowest BCUT2D eigenvalue weighted by Gasteiger charge is -2.08. The summed E-state index contributed by atoms with van der Waals surface area (Å²) in [5, 5.41) is 9.94. The van der Waals surface area contributed by atoms with E-state index in [0.717, 1.165) is 24.6 Å². The number of aromatic nitrogens is 1. The van der Waals surface area contributed by atoms with Crippen LogP contribution in [0.5, 0.6) is 0 Å². The topological polar surface area (TPSA) is 37.0 Å². The number of nitrogens with zero attached hydrogens (tertiary/aromatic N) is 1. The lowest BCUT2D eigenvalue weighted by atomic mass is 10.3. The highest BCUT2D eigenvalue weighted by molar-refractivity contribution is 7.14. The number of hydrogen-bond donors (Lipinski definition) is 2. The quantitative estimate of drug-likeness (QED) is 0.767. The Hall–Kier alpha value is -0.320. The first kappa shape index (κ1) is 8.29. The molecule has 5 heteroatoms. The van der Waals surface area contributed by atoms with Crippen LogP contribution in [0.4, 0.5) is 5.13 Å². The minimum absolute atomic E-state index is 0.521. The van der Waals surface area contributed by atoms with Gasteiger partial charge in [0, 0.05) is 18.0 Å². The summed E-state index contributed by atoms with van der Waals surface area (Å²) in [6, 6.07) is 0.521. The summed E-state index contributed by atoms with van der Waals surface area (Å²) < 4.78 is 0. The van der Waals surface area contributed by atoms with E-state index in [9.17, 15) is 0 Å². The monoisotopic (exact) mass is 203 g/mol. The molecule has 0 radical (unpaired) electrons. The third-order valence-corrected chi connectivity index (χ3v) is 2.96. The van der Waals surface area contributed by atoms with Gasteiger partial charge in [0.2, 0.25) is 0 Å². The summed E-state index contributed by atoms with van der Waals surface area (Å²) in [4.78, 5) is 4.12. The number of rotatable bonds is 2. The molecule has 0 bridgehead atoms. The number of thiazole rings is 1. The Bertz CT molecular complexity index is 257. The summed E-state index contributed by atoms with van der Waals surface area (Å²) in [6.45, 7) is 2.12. The molecule has 1 unspecified atom stereocenters. The van der Waals surface area contributed by atoms with Crippen molar-refractivity contribution in [2.24, 2.45) is 0 Å². The molecule has 0 aliphatic carbocycles. The van der Waals surface area contributed by atoms with Crippen molar-refractivity contribution in [3.05, 3.63) is 10.5 Å². The summed E-state index contributed by atoms with van der Waals surface area (Å²) in [6.07, 6.45) is 1.16. The Labute approximate surface area is 80.1 Å². The third-order valence-electron chi connectivity index (χ3n) is 1.86. The van der Waals surface area contributed by atoms with Crippen LogP contribution in [0.2, 0.25) is 5.15 Å². The molecule has 2 heterocycles. The van der Waals surface area contributed by atoms with E-state index in [1.165, 1.54) is 0 Å². The fraction of sp³-hybridized carbons (Fsp3) is 0.571. The molecule has 66 valence electrons. The van der Waals surface area contributed by atoms with Crippen molar-refractivity contribution < 1.29 is 0 Å². The van der Waals surface area contributed by atoms with Crippen LogP contribution in [0.1, 0.15) is 6.42 Å². The van der Waals surface area contributed by atoms with Gasteiger partial charge in [0.25, 0.3) is 0 Å². The van der Waals surface area contributed by atoms with Crippen molar-refractivity contribution in [3.63, 3.8) is 0 Å². The molecule has 1 fully saturated rings. The van der Waals surface area contributed by atoms with Crippen LogP contribution in [0.3, 0.4) is 0 Å². The average molecular weight is 204 g/mol. The maximum atomic E-state index is 5.69. The molecule has 1 aromatic rings. The Kier molecular flexibility index (Phi) is 2.48. The normalized spacial score (nSPS) is 22.9. The van der Waals surface area contributed by atoms with E-state index in [2.05, 4.69) is 15.6 Å². The highest BCUT2D eigenvalue weighted by Crippen LogP contribution is 2.20. The van der Waals surface area contributed by atoms with Crippen molar-refractivity contribution in [2.75, 3.05) is 18.4 Å². The number of nitrogens with one attached hydrogen (secondary N) is 2. The summed E-state index contributed by atoms with van der Waals surface area (Å²) >= 11 is 7.24. The fourth-order valence-corrected chi connectivity index (χ4v) is 2.19. The van der Waals surface area contributed by atoms with Gasteiger partial charge in [-0.1, -0.05) is 11.6 Å². The zero-order valence-electron chi connectivity index (χ0n) is 6.51. The molecule has 1 aromatic heterocycles. The molecule has 0 spiro atoms. The van der Waals surface area contributed by atoms with Crippen molar-refractivity contribution in [1.29, 1.82) is 0 Å². The van der Waals surface area contributed by atoms with Crippen LogP contribution >= 0.6 is 22.9 Å². The van der Waals surface area contributed by atoms with E-state index in [0.29, 0.717) is 11.2 Å². The van der Waals surface area contributed by atoms with Crippen molar-refractivity contribution >= 4 is 28.1 Å². The molecule has 0 aromatic carbocycles. The first-order valence-electron chi connectivity index (χ1n) is 3.93. The van der Waals surface area contributed by atoms with Crippen LogP contribution in [0.15, 0.2) is 5.38 Å². The molecule has 1 atom stereocenters. The lowest BCUT2D eigenvalue weighted by Crippen LogP contribution is -2.21. The summed E-state index contributed by atoms with van der Waals surface area (Å²) in [7, 11) is 0. The highest BCUT2D eigenvalue weighted by Gasteiger charge is 2.14. The Balaban J connectivity index is 1.94. The highest BCUT2D eigenvalue weighted by atomic mass is 35.5. The molecule has 1 aliphatic rings. The maximum absolute atomic E-state index is 5.69. The zero-order valence-corrected chi connectivity index (χ0v) is 8.08. The van der Waals surface area contributed by atoms with Crippen LogP contribution in [0.25, 0.3) is 0 Å². The second-order valence-electron chi connectivity index (χ2n) is 2.81. The van der Waals surface area contributed by atoms with Crippen LogP contribution in [0, 0.1) is 0 Å². The number of hydrogen-bond acceptors (Lipinski definition) is 4. The SMILES string of the molecule is Clc1csc(NC2CCNC2)n1. The molecule has 0 amide bonds. The maximum Gasteiger partial charge on any atom is 0.184 e. The first-order chi connectivity index (χ1) is 5.84.